The van der Waals surface area contributed by atoms with Gasteiger partial charge in [0.1, 0.15) is 6.04 Å². The second-order valence-corrected chi connectivity index (χ2v) is 7.36. The highest BCUT2D eigenvalue weighted by Crippen LogP contribution is 2.17. The maximum atomic E-state index is 12.5. The van der Waals surface area contributed by atoms with Crippen LogP contribution in [-0.2, 0) is 11.3 Å². The SMILES string of the molecule is COCCn1nnnc1[C@@H](CC(C)C)[NH+]1CCN(C(=O)c2ccco2)CC1. The average molecular weight is 377 g/mol. The smallest absolute Gasteiger partial charge is 0.289 e. The minimum absolute atomic E-state index is 0.0376. The predicted molar refractivity (Wildman–Crippen MR) is 97.2 cm³/mol. The number of aromatic nitrogens is 4. The number of rotatable bonds is 8. The minimum atomic E-state index is -0.0376. The summed E-state index contributed by atoms with van der Waals surface area (Å²) in [4.78, 5) is 15.8. The van der Waals surface area contributed by atoms with Gasteiger partial charge in [0.25, 0.3) is 5.91 Å². The molecule has 148 valence electrons. The predicted octanol–water partition coefficient (Wildman–Crippen LogP) is 0.0406. The Labute approximate surface area is 159 Å². The number of tetrazole rings is 1. The molecule has 1 aliphatic heterocycles. The van der Waals surface area contributed by atoms with Gasteiger partial charge in [0, 0.05) is 13.5 Å². The first-order chi connectivity index (χ1) is 13.1. The van der Waals surface area contributed by atoms with Crippen LogP contribution >= 0.6 is 0 Å². The van der Waals surface area contributed by atoms with Gasteiger partial charge >= 0.3 is 0 Å². The highest BCUT2D eigenvalue weighted by Gasteiger charge is 2.34. The van der Waals surface area contributed by atoms with Crippen molar-refractivity contribution in [1.29, 1.82) is 0 Å². The maximum Gasteiger partial charge on any atom is 0.289 e. The number of ether oxygens (including phenoxy) is 1. The van der Waals surface area contributed by atoms with Crippen LogP contribution in [0.1, 0.15) is 42.7 Å². The number of furan rings is 1. The Balaban J connectivity index is 1.68. The lowest BCUT2D eigenvalue weighted by molar-refractivity contribution is -0.937. The summed E-state index contributed by atoms with van der Waals surface area (Å²) in [5, 5.41) is 12.4. The number of carbonyl (C=O) groups is 1. The summed E-state index contributed by atoms with van der Waals surface area (Å²) in [6.07, 6.45) is 2.53. The van der Waals surface area contributed by atoms with Crippen LogP contribution in [-0.4, -0.2) is 70.9 Å². The quantitative estimate of drug-likeness (QED) is 0.699. The van der Waals surface area contributed by atoms with E-state index in [9.17, 15) is 4.79 Å². The Morgan fingerprint density at radius 3 is 2.78 bits per heavy atom. The van der Waals surface area contributed by atoms with E-state index in [1.807, 2.05) is 9.58 Å². The first-order valence-corrected chi connectivity index (χ1v) is 9.52. The van der Waals surface area contributed by atoms with Gasteiger partial charge in [-0.3, -0.25) is 4.79 Å². The number of methoxy groups -OCH3 is 1. The van der Waals surface area contributed by atoms with Gasteiger partial charge in [0.2, 0.25) is 5.82 Å². The molecule has 0 aromatic carbocycles. The summed E-state index contributed by atoms with van der Waals surface area (Å²) in [5.74, 6) is 1.80. The Morgan fingerprint density at radius 2 is 2.15 bits per heavy atom. The molecule has 1 atom stereocenters. The second kappa shape index (κ2) is 9.09. The number of piperazine rings is 1. The first-order valence-electron chi connectivity index (χ1n) is 9.52. The van der Waals surface area contributed by atoms with Gasteiger partial charge in [-0.2, -0.15) is 0 Å². The van der Waals surface area contributed by atoms with E-state index in [2.05, 4.69) is 29.4 Å². The Kier molecular flexibility index (Phi) is 6.57. The van der Waals surface area contributed by atoms with Crippen molar-refractivity contribution < 1.29 is 18.8 Å². The fourth-order valence-corrected chi connectivity index (χ4v) is 3.63. The minimum Gasteiger partial charge on any atom is -0.459 e. The molecule has 0 radical (unpaired) electrons. The van der Waals surface area contributed by atoms with E-state index < -0.39 is 0 Å². The van der Waals surface area contributed by atoms with Gasteiger partial charge in [-0.25, -0.2) is 4.68 Å². The average Bonchev–Trinajstić information content (AvgIpc) is 3.35. The summed E-state index contributed by atoms with van der Waals surface area (Å²) in [6.45, 7) is 8.77. The zero-order valence-electron chi connectivity index (χ0n) is 16.3. The lowest BCUT2D eigenvalue weighted by atomic mass is 10.0. The van der Waals surface area contributed by atoms with Crippen molar-refractivity contribution in [2.75, 3.05) is 39.9 Å². The van der Waals surface area contributed by atoms with E-state index in [0.29, 0.717) is 37.9 Å². The molecule has 1 fully saturated rings. The van der Waals surface area contributed by atoms with Crippen molar-refractivity contribution >= 4 is 5.91 Å². The largest absolute Gasteiger partial charge is 0.459 e. The van der Waals surface area contributed by atoms with E-state index in [-0.39, 0.29) is 11.9 Å². The topological polar surface area (TPSA) is 90.7 Å². The van der Waals surface area contributed by atoms with Gasteiger partial charge in [0.15, 0.2) is 5.76 Å². The van der Waals surface area contributed by atoms with E-state index in [1.165, 1.54) is 11.2 Å². The molecule has 0 spiro atoms. The fraction of sp³-hybridized carbons (Fsp3) is 0.667. The number of quaternary nitrogens is 1. The van der Waals surface area contributed by atoms with Crippen LogP contribution in [0, 0.1) is 5.92 Å². The van der Waals surface area contributed by atoms with Crippen LogP contribution in [0.4, 0.5) is 0 Å². The maximum absolute atomic E-state index is 12.5. The van der Waals surface area contributed by atoms with Crippen molar-refractivity contribution in [2.45, 2.75) is 32.9 Å². The first kappa shape index (κ1) is 19.5. The lowest BCUT2D eigenvalue weighted by Gasteiger charge is -2.36. The molecule has 1 saturated heterocycles. The van der Waals surface area contributed by atoms with Crippen molar-refractivity contribution in [1.82, 2.24) is 25.1 Å². The molecule has 0 bridgehead atoms. The number of amides is 1. The zero-order valence-corrected chi connectivity index (χ0v) is 16.3. The van der Waals surface area contributed by atoms with Crippen LogP contribution in [0.5, 0.6) is 0 Å². The highest BCUT2D eigenvalue weighted by molar-refractivity contribution is 5.91. The molecule has 9 heteroatoms. The summed E-state index contributed by atoms with van der Waals surface area (Å²) < 4.78 is 12.3. The third-order valence-electron chi connectivity index (χ3n) is 5.00. The lowest BCUT2D eigenvalue weighted by Crippen LogP contribution is -3.15. The Morgan fingerprint density at radius 1 is 1.37 bits per heavy atom. The summed E-state index contributed by atoms with van der Waals surface area (Å²) in [6, 6.07) is 3.66. The van der Waals surface area contributed by atoms with Gasteiger partial charge in [-0.1, -0.05) is 13.8 Å². The van der Waals surface area contributed by atoms with E-state index >= 15 is 0 Å². The van der Waals surface area contributed by atoms with Gasteiger partial charge in [0.05, 0.1) is 45.6 Å². The second-order valence-electron chi connectivity index (χ2n) is 7.36. The molecule has 1 N–H and O–H groups in total. The summed E-state index contributed by atoms with van der Waals surface area (Å²) >= 11 is 0. The summed E-state index contributed by atoms with van der Waals surface area (Å²) in [5.41, 5.74) is 0. The number of hydrogen-bond acceptors (Lipinski definition) is 6. The molecule has 3 heterocycles. The molecule has 27 heavy (non-hydrogen) atoms. The molecule has 0 saturated carbocycles. The fourth-order valence-electron chi connectivity index (χ4n) is 3.63. The highest BCUT2D eigenvalue weighted by atomic mass is 16.5. The van der Waals surface area contributed by atoms with E-state index in [1.54, 1.807) is 19.2 Å². The zero-order chi connectivity index (χ0) is 19.2. The number of nitrogens with one attached hydrogen (secondary N) is 1. The normalized spacial score (nSPS) is 16.8. The molecular weight excluding hydrogens is 348 g/mol. The van der Waals surface area contributed by atoms with E-state index in [0.717, 1.165) is 25.3 Å². The standard InChI is InChI=1S/C18H28N6O3/c1-14(2)13-15(17-19-20-21-24(17)10-12-26-3)22-6-8-23(9-7-22)18(25)16-5-4-11-27-16/h4-5,11,14-15H,6-10,12-13H2,1-3H3/p+1/t15-/m1/s1. The molecule has 0 aliphatic carbocycles. The molecule has 2 aromatic heterocycles. The van der Waals surface area contributed by atoms with Gasteiger partial charge in [-0.05, 0) is 28.5 Å². The van der Waals surface area contributed by atoms with Gasteiger partial charge < -0.3 is 19.0 Å². The van der Waals surface area contributed by atoms with Crippen molar-refractivity contribution in [3.05, 3.63) is 30.0 Å². The van der Waals surface area contributed by atoms with Gasteiger partial charge in [-0.15, -0.1) is 5.10 Å². The van der Waals surface area contributed by atoms with Crippen molar-refractivity contribution in [3.63, 3.8) is 0 Å². The van der Waals surface area contributed by atoms with Crippen molar-refractivity contribution in [3.8, 4) is 0 Å². The van der Waals surface area contributed by atoms with E-state index in [4.69, 9.17) is 9.15 Å². The van der Waals surface area contributed by atoms with Crippen LogP contribution in [0.15, 0.2) is 22.8 Å². The third kappa shape index (κ3) is 4.72. The molecule has 1 amide bonds. The molecule has 1 aliphatic rings. The Bertz CT molecular complexity index is 707. The van der Waals surface area contributed by atoms with Crippen LogP contribution in [0.3, 0.4) is 0 Å². The molecule has 0 unspecified atom stereocenters. The van der Waals surface area contributed by atoms with Crippen molar-refractivity contribution in [2.24, 2.45) is 5.92 Å². The monoisotopic (exact) mass is 377 g/mol. The van der Waals surface area contributed by atoms with Crippen LogP contribution in [0.25, 0.3) is 0 Å². The third-order valence-corrected chi connectivity index (χ3v) is 5.00. The van der Waals surface area contributed by atoms with Crippen LogP contribution < -0.4 is 4.90 Å². The number of carbonyl (C=O) groups excluding carboxylic acids is 1. The molecular formula is C18H29N6O3+. The van der Waals surface area contributed by atoms with Crippen LogP contribution in [0.2, 0.25) is 0 Å². The molecule has 2 aromatic rings. The molecule has 9 nitrogen and oxygen atoms in total. The number of hydrogen-bond donors (Lipinski definition) is 1. The Hall–Kier alpha value is -2.26. The number of nitrogens with zero attached hydrogens (tertiary/aromatic N) is 5. The summed E-state index contributed by atoms with van der Waals surface area (Å²) in [7, 11) is 1.68. The molecule has 3 rings (SSSR count).